The van der Waals surface area contributed by atoms with Crippen molar-refractivity contribution in [2.24, 2.45) is 0 Å². The lowest BCUT2D eigenvalue weighted by molar-refractivity contribution is 0.317. The molecular weight excluding hydrogens is 238 g/mol. The Morgan fingerprint density at radius 3 is 2.26 bits per heavy atom. The van der Waals surface area contributed by atoms with E-state index >= 15 is 0 Å². The highest BCUT2D eigenvalue weighted by molar-refractivity contribution is 5.48. The van der Waals surface area contributed by atoms with E-state index in [9.17, 15) is 0 Å². The average molecular weight is 257 g/mol. The molecule has 0 saturated heterocycles. The summed E-state index contributed by atoms with van der Waals surface area (Å²) in [5, 5.41) is 0. The number of hydrogen-bond acceptors (Lipinski definition) is 3. The molecule has 3 nitrogen and oxygen atoms in total. The Labute approximate surface area is 114 Å². The first kappa shape index (κ1) is 13.3. The van der Waals surface area contributed by atoms with Crippen molar-refractivity contribution in [3.8, 4) is 17.2 Å². The molecule has 3 heteroatoms. The van der Waals surface area contributed by atoms with Gasteiger partial charge in [-0.05, 0) is 55.3 Å². The van der Waals surface area contributed by atoms with Crippen molar-refractivity contribution in [1.29, 1.82) is 0 Å². The molecule has 100 valence electrons. The number of anilines is 1. The fourth-order valence-corrected chi connectivity index (χ4v) is 1.80. The van der Waals surface area contributed by atoms with Gasteiger partial charge in [-0.25, -0.2) is 0 Å². The van der Waals surface area contributed by atoms with Crippen molar-refractivity contribution >= 4 is 5.69 Å². The third-order valence-electron chi connectivity index (χ3n) is 2.61. The highest BCUT2D eigenvalue weighted by Crippen LogP contribution is 2.26. The van der Waals surface area contributed by atoms with Gasteiger partial charge in [0.15, 0.2) is 0 Å². The lowest BCUT2D eigenvalue weighted by Gasteiger charge is -2.09. The fraction of sp³-hybridized carbons (Fsp3) is 0.250. The second kappa shape index (κ2) is 6.14. The maximum absolute atomic E-state index is 5.79. The number of aryl methyl sites for hydroxylation is 1. The summed E-state index contributed by atoms with van der Waals surface area (Å²) in [4.78, 5) is 0. The third-order valence-corrected chi connectivity index (χ3v) is 2.61. The summed E-state index contributed by atoms with van der Waals surface area (Å²) in [6.45, 7) is 4.80. The van der Waals surface area contributed by atoms with Gasteiger partial charge in [0, 0.05) is 11.8 Å². The van der Waals surface area contributed by atoms with Crippen LogP contribution in [0.1, 0.15) is 18.9 Å². The van der Waals surface area contributed by atoms with Crippen LogP contribution >= 0.6 is 0 Å². The molecule has 0 amide bonds. The number of nitrogens with two attached hydrogens (primary N) is 1. The maximum Gasteiger partial charge on any atom is 0.129 e. The normalized spacial score (nSPS) is 10.2. The number of benzene rings is 2. The van der Waals surface area contributed by atoms with Crippen molar-refractivity contribution in [2.75, 3.05) is 12.3 Å². The van der Waals surface area contributed by atoms with Crippen LogP contribution < -0.4 is 15.2 Å². The molecule has 0 aromatic heterocycles. The Bertz CT molecular complexity index is 515. The molecule has 0 unspecified atom stereocenters. The first-order valence-corrected chi connectivity index (χ1v) is 6.45. The van der Waals surface area contributed by atoms with Crippen molar-refractivity contribution in [1.82, 2.24) is 0 Å². The van der Waals surface area contributed by atoms with Crippen LogP contribution in [0.4, 0.5) is 5.69 Å². The van der Waals surface area contributed by atoms with E-state index in [1.807, 2.05) is 49.4 Å². The van der Waals surface area contributed by atoms with E-state index in [0.717, 1.165) is 35.8 Å². The molecule has 0 aliphatic heterocycles. The Morgan fingerprint density at radius 1 is 0.947 bits per heavy atom. The number of ether oxygens (including phenoxy) is 2. The van der Waals surface area contributed by atoms with Crippen LogP contribution in [0, 0.1) is 6.92 Å². The van der Waals surface area contributed by atoms with Gasteiger partial charge in [0.05, 0.1) is 6.61 Å². The summed E-state index contributed by atoms with van der Waals surface area (Å²) in [5.41, 5.74) is 7.58. The van der Waals surface area contributed by atoms with E-state index in [-0.39, 0.29) is 0 Å². The predicted octanol–water partition coefficient (Wildman–Crippen LogP) is 4.16. The molecule has 0 spiro atoms. The Morgan fingerprint density at radius 2 is 1.63 bits per heavy atom. The van der Waals surface area contributed by atoms with Crippen LogP contribution in [0.25, 0.3) is 0 Å². The summed E-state index contributed by atoms with van der Waals surface area (Å²) >= 11 is 0. The molecule has 0 bridgehead atoms. The molecule has 0 aliphatic carbocycles. The number of rotatable bonds is 5. The highest BCUT2D eigenvalue weighted by atomic mass is 16.5. The van der Waals surface area contributed by atoms with Gasteiger partial charge >= 0.3 is 0 Å². The van der Waals surface area contributed by atoms with Crippen molar-refractivity contribution in [3.63, 3.8) is 0 Å². The summed E-state index contributed by atoms with van der Waals surface area (Å²) in [7, 11) is 0. The van der Waals surface area contributed by atoms with Crippen LogP contribution in [0.5, 0.6) is 17.2 Å². The predicted molar refractivity (Wildman–Crippen MR) is 77.9 cm³/mol. The zero-order valence-electron chi connectivity index (χ0n) is 11.3. The zero-order valence-corrected chi connectivity index (χ0v) is 11.3. The highest BCUT2D eigenvalue weighted by Gasteiger charge is 2.00. The molecule has 0 saturated carbocycles. The van der Waals surface area contributed by atoms with Crippen molar-refractivity contribution in [3.05, 3.63) is 48.0 Å². The smallest absolute Gasteiger partial charge is 0.129 e. The molecule has 19 heavy (non-hydrogen) atoms. The summed E-state index contributed by atoms with van der Waals surface area (Å²) < 4.78 is 11.3. The van der Waals surface area contributed by atoms with Crippen LogP contribution in [-0.2, 0) is 0 Å². The van der Waals surface area contributed by atoms with E-state index in [0.29, 0.717) is 5.69 Å². The van der Waals surface area contributed by atoms with Gasteiger partial charge in [-0.1, -0.05) is 6.92 Å². The average Bonchev–Trinajstić information content (AvgIpc) is 2.37. The molecule has 0 aliphatic rings. The number of nitrogen functional groups attached to an aromatic ring is 1. The second-order valence-electron chi connectivity index (χ2n) is 4.50. The molecule has 0 heterocycles. The Balaban J connectivity index is 2.06. The minimum Gasteiger partial charge on any atom is -0.494 e. The van der Waals surface area contributed by atoms with E-state index < -0.39 is 0 Å². The fourth-order valence-electron chi connectivity index (χ4n) is 1.80. The summed E-state index contributed by atoms with van der Waals surface area (Å²) in [5.74, 6) is 2.38. The molecule has 2 N–H and O–H groups in total. The van der Waals surface area contributed by atoms with Gasteiger partial charge in [-0.15, -0.1) is 0 Å². The summed E-state index contributed by atoms with van der Waals surface area (Å²) in [6, 6.07) is 13.3. The van der Waals surface area contributed by atoms with E-state index in [2.05, 4.69) is 6.92 Å². The topological polar surface area (TPSA) is 44.5 Å². The number of hydrogen-bond donors (Lipinski definition) is 1. The molecule has 0 fully saturated rings. The van der Waals surface area contributed by atoms with Crippen molar-refractivity contribution < 1.29 is 9.47 Å². The first-order valence-electron chi connectivity index (χ1n) is 6.45. The zero-order chi connectivity index (χ0) is 13.7. The van der Waals surface area contributed by atoms with Crippen LogP contribution in [0.15, 0.2) is 42.5 Å². The Kier molecular flexibility index (Phi) is 4.29. The lowest BCUT2D eigenvalue weighted by Crippen LogP contribution is -1.94. The minimum absolute atomic E-state index is 0.706. The molecule has 0 radical (unpaired) electrons. The van der Waals surface area contributed by atoms with Gasteiger partial charge in [-0.2, -0.15) is 0 Å². The Hall–Kier alpha value is -2.16. The standard InChI is InChI=1S/C16H19NO2/c1-3-8-18-14-4-6-15(7-5-14)19-16-10-12(2)9-13(17)11-16/h4-7,9-11H,3,8,17H2,1-2H3. The van der Waals surface area contributed by atoms with Crippen LogP contribution in [0.3, 0.4) is 0 Å². The molecule has 2 rings (SSSR count). The molecule has 2 aromatic rings. The van der Waals surface area contributed by atoms with Gasteiger partial charge in [0.2, 0.25) is 0 Å². The summed E-state index contributed by atoms with van der Waals surface area (Å²) in [6.07, 6.45) is 1.00. The second-order valence-corrected chi connectivity index (χ2v) is 4.50. The first-order chi connectivity index (χ1) is 9.17. The molecule has 2 aromatic carbocycles. The molecule has 0 atom stereocenters. The van der Waals surface area contributed by atoms with E-state index in [4.69, 9.17) is 15.2 Å². The lowest BCUT2D eigenvalue weighted by atomic mass is 10.2. The van der Waals surface area contributed by atoms with Crippen molar-refractivity contribution in [2.45, 2.75) is 20.3 Å². The van der Waals surface area contributed by atoms with Gasteiger partial charge in [0.1, 0.15) is 17.2 Å². The minimum atomic E-state index is 0.706. The van der Waals surface area contributed by atoms with E-state index in [1.54, 1.807) is 0 Å². The van der Waals surface area contributed by atoms with Crippen LogP contribution in [0.2, 0.25) is 0 Å². The maximum atomic E-state index is 5.79. The SMILES string of the molecule is CCCOc1ccc(Oc2cc(C)cc(N)c2)cc1. The third kappa shape index (κ3) is 3.91. The van der Waals surface area contributed by atoms with Gasteiger partial charge in [-0.3, -0.25) is 0 Å². The largest absolute Gasteiger partial charge is 0.494 e. The van der Waals surface area contributed by atoms with Gasteiger partial charge < -0.3 is 15.2 Å². The van der Waals surface area contributed by atoms with Crippen LogP contribution in [-0.4, -0.2) is 6.61 Å². The molecular formula is C16H19NO2. The quantitative estimate of drug-likeness (QED) is 0.818. The monoisotopic (exact) mass is 257 g/mol. The van der Waals surface area contributed by atoms with Gasteiger partial charge in [0.25, 0.3) is 0 Å². The van der Waals surface area contributed by atoms with E-state index in [1.165, 1.54) is 0 Å².